The van der Waals surface area contributed by atoms with Crippen LogP contribution in [0.3, 0.4) is 0 Å². The summed E-state index contributed by atoms with van der Waals surface area (Å²) in [4.78, 5) is 2.40. The van der Waals surface area contributed by atoms with Gasteiger partial charge < -0.3 is 10.0 Å². The summed E-state index contributed by atoms with van der Waals surface area (Å²) < 4.78 is 0. The molecule has 1 aliphatic carbocycles. The number of hydrogen-bond donors (Lipinski definition) is 1. The largest absolute Gasteiger partial charge is 0.389 e. The van der Waals surface area contributed by atoms with E-state index in [1.165, 1.54) is 24.9 Å². The van der Waals surface area contributed by atoms with Crippen LogP contribution in [-0.2, 0) is 0 Å². The molecule has 17 heavy (non-hydrogen) atoms. The summed E-state index contributed by atoms with van der Waals surface area (Å²) >= 11 is 0. The van der Waals surface area contributed by atoms with Crippen LogP contribution < -0.4 is 4.90 Å². The average Bonchev–Trinajstić information content (AvgIpc) is 2.28. The van der Waals surface area contributed by atoms with E-state index in [9.17, 15) is 5.11 Å². The highest BCUT2D eigenvalue weighted by Gasteiger charge is 2.42. The molecule has 1 aromatic carbocycles. The molecule has 0 radical (unpaired) electrons. The highest BCUT2D eigenvalue weighted by atomic mass is 16.3. The fourth-order valence-electron chi connectivity index (χ4n) is 3.14. The first kappa shape index (κ1) is 11.1. The second-order valence-corrected chi connectivity index (χ2v) is 5.55. The van der Waals surface area contributed by atoms with Gasteiger partial charge in [-0.2, -0.15) is 0 Å². The van der Waals surface area contributed by atoms with E-state index in [2.05, 4.69) is 35.2 Å². The lowest BCUT2D eigenvalue weighted by Gasteiger charge is -2.47. The Labute approximate surface area is 103 Å². The first-order valence-electron chi connectivity index (χ1n) is 6.80. The second-order valence-electron chi connectivity index (χ2n) is 5.55. The molecule has 1 saturated carbocycles. The minimum atomic E-state index is -0.358. The van der Waals surface area contributed by atoms with Gasteiger partial charge in [-0.05, 0) is 43.7 Å². The Hall–Kier alpha value is -1.02. The van der Waals surface area contributed by atoms with E-state index in [0.29, 0.717) is 5.92 Å². The van der Waals surface area contributed by atoms with Crippen molar-refractivity contribution in [2.45, 2.75) is 37.7 Å². The smallest absolute Gasteiger partial charge is 0.0709 e. The molecular formula is C15H21NO. The summed E-state index contributed by atoms with van der Waals surface area (Å²) in [6.45, 7) is 1.99. The van der Waals surface area contributed by atoms with Crippen molar-refractivity contribution in [1.29, 1.82) is 0 Å². The highest BCUT2D eigenvalue weighted by Crippen LogP contribution is 2.42. The lowest BCUT2D eigenvalue weighted by Crippen LogP contribution is -2.50. The van der Waals surface area contributed by atoms with E-state index >= 15 is 0 Å². The maximum Gasteiger partial charge on any atom is 0.0709 e. The molecule has 0 atom stereocenters. The first-order valence-corrected chi connectivity index (χ1v) is 6.80. The van der Waals surface area contributed by atoms with Crippen LogP contribution in [0.15, 0.2) is 30.3 Å². The summed E-state index contributed by atoms with van der Waals surface area (Å²) in [5.41, 5.74) is 0.937. The molecular weight excluding hydrogens is 210 g/mol. The Balaban J connectivity index is 1.64. The van der Waals surface area contributed by atoms with Crippen molar-refractivity contribution in [3.63, 3.8) is 0 Å². The minimum absolute atomic E-state index is 0.358. The third kappa shape index (κ3) is 2.06. The Morgan fingerprint density at radius 3 is 2.24 bits per heavy atom. The van der Waals surface area contributed by atoms with Crippen molar-refractivity contribution >= 4 is 5.69 Å². The number of nitrogens with zero attached hydrogens (tertiary/aromatic N) is 1. The molecule has 2 heteroatoms. The maximum absolute atomic E-state index is 10.6. The quantitative estimate of drug-likeness (QED) is 0.846. The van der Waals surface area contributed by atoms with E-state index < -0.39 is 0 Å². The Morgan fingerprint density at radius 2 is 1.71 bits per heavy atom. The molecule has 1 N–H and O–H groups in total. The predicted octanol–water partition coefficient (Wildman–Crippen LogP) is 2.82. The van der Waals surface area contributed by atoms with Crippen molar-refractivity contribution in [2.75, 3.05) is 18.0 Å². The third-order valence-electron chi connectivity index (χ3n) is 4.62. The fourth-order valence-corrected chi connectivity index (χ4v) is 3.14. The number of para-hydroxylation sites is 1. The van der Waals surface area contributed by atoms with Crippen molar-refractivity contribution < 1.29 is 5.11 Å². The zero-order chi connectivity index (χ0) is 11.7. The molecule has 2 fully saturated rings. The van der Waals surface area contributed by atoms with Gasteiger partial charge in [-0.25, -0.2) is 0 Å². The molecule has 1 aliphatic heterocycles. The lowest BCUT2D eigenvalue weighted by molar-refractivity contribution is -0.0675. The van der Waals surface area contributed by atoms with Crippen LogP contribution >= 0.6 is 0 Å². The third-order valence-corrected chi connectivity index (χ3v) is 4.62. The van der Waals surface area contributed by atoms with Gasteiger partial charge in [0, 0.05) is 18.8 Å². The van der Waals surface area contributed by atoms with Crippen LogP contribution in [0.2, 0.25) is 0 Å². The van der Waals surface area contributed by atoms with Gasteiger partial charge in [-0.1, -0.05) is 24.6 Å². The fraction of sp³-hybridized carbons (Fsp3) is 0.600. The number of anilines is 1. The summed E-state index contributed by atoms with van der Waals surface area (Å²) in [5, 5.41) is 10.6. The molecule has 2 aliphatic rings. The predicted molar refractivity (Wildman–Crippen MR) is 70.2 cm³/mol. The molecule has 92 valence electrons. The molecule has 3 rings (SSSR count). The summed E-state index contributed by atoms with van der Waals surface area (Å²) in [5.74, 6) is 0.584. The van der Waals surface area contributed by atoms with Gasteiger partial charge in [0.25, 0.3) is 0 Å². The highest BCUT2D eigenvalue weighted by molar-refractivity contribution is 5.46. The van der Waals surface area contributed by atoms with Crippen LogP contribution in [0.5, 0.6) is 0 Å². The van der Waals surface area contributed by atoms with Crippen molar-refractivity contribution in [2.24, 2.45) is 5.92 Å². The summed E-state index contributed by atoms with van der Waals surface area (Å²) in [6.07, 6.45) is 5.66. The van der Waals surface area contributed by atoms with Crippen molar-refractivity contribution in [3.05, 3.63) is 30.3 Å². The standard InChI is InChI=1S/C15H21NO/c17-15(13-5-4-6-13)9-11-16(12-10-15)14-7-2-1-3-8-14/h1-3,7-8,13,17H,4-6,9-12H2. The number of benzene rings is 1. The van der Waals surface area contributed by atoms with E-state index in [-0.39, 0.29) is 5.60 Å². The molecule has 0 bridgehead atoms. The molecule has 1 aromatic rings. The number of piperidine rings is 1. The molecule has 0 spiro atoms. The van der Waals surface area contributed by atoms with Gasteiger partial charge in [-0.3, -0.25) is 0 Å². The zero-order valence-electron chi connectivity index (χ0n) is 10.3. The van der Waals surface area contributed by atoms with Crippen LogP contribution in [-0.4, -0.2) is 23.8 Å². The van der Waals surface area contributed by atoms with Crippen LogP contribution in [0.1, 0.15) is 32.1 Å². The average molecular weight is 231 g/mol. The molecule has 1 heterocycles. The number of rotatable bonds is 2. The molecule has 0 amide bonds. The van der Waals surface area contributed by atoms with Crippen LogP contribution in [0.4, 0.5) is 5.69 Å². The monoisotopic (exact) mass is 231 g/mol. The minimum Gasteiger partial charge on any atom is -0.389 e. The van der Waals surface area contributed by atoms with E-state index in [1.54, 1.807) is 0 Å². The van der Waals surface area contributed by atoms with Crippen LogP contribution in [0, 0.1) is 5.92 Å². The van der Waals surface area contributed by atoms with Crippen LogP contribution in [0.25, 0.3) is 0 Å². The topological polar surface area (TPSA) is 23.5 Å². The Kier molecular flexibility index (Phi) is 2.83. The van der Waals surface area contributed by atoms with Gasteiger partial charge in [0.2, 0.25) is 0 Å². The Morgan fingerprint density at radius 1 is 1.06 bits per heavy atom. The second kappa shape index (κ2) is 4.34. The van der Waals surface area contributed by atoms with Gasteiger partial charge in [0.1, 0.15) is 0 Å². The number of aliphatic hydroxyl groups is 1. The van der Waals surface area contributed by atoms with Gasteiger partial charge in [0.15, 0.2) is 0 Å². The molecule has 2 nitrogen and oxygen atoms in total. The van der Waals surface area contributed by atoms with Gasteiger partial charge in [-0.15, -0.1) is 0 Å². The van der Waals surface area contributed by atoms with E-state index in [1.807, 2.05) is 0 Å². The normalized spacial score (nSPS) is 24.4. The maximum atomic E-state index is 10.6. The molecule has 1 saturated heterocycles. The zero-order valence-corrected chi connectivity index (χ0v) is 10.3. The first-order chi connectivity index (χ1) is 8.28. The molecule has 0 unspecified atom stereocenters. The van der Waals surface area contributed by atoms with Gasteiger partial charge >= 0.3 is 0 Å². The SMILES string of the molecule is OC1(C2CCC2)CCN(c2ccccc2)CC1. The van der Waals surface area contributed by atoms with Crippen molar-refractivity contribution in [1.82, 2.24) is 0 Å². The lowest BCUT2D eigenvalue weighted by atomic mass is 9.69. The van der Waals surface area contributed by atoms with E-state index in [4.69, 9.17) is 0 Å². The van der Waals surface area contributed by atoms with E-state index in [0.717, 1.165) is 25.9 Å². The van der Waals surface area contributed by atoms with Gasteiger partial charge in [0.05, 0.1) is 5.60 Å². The Bertz CT molecular complexity index is 364. The molecule has 0 aromatic heterocycles. The number of hydrogen-bond acceptors (Lipinski definition) is 2. The summed E-state index contributed by atoms with van der Waals surface area (Å²) in [6, 6.07) is 10.5. The van der Waals surface area contributed by atoms with Crippen molar-refractivity contribution in [3.8, 4) is 0 Å². The summed E-state index contributed by atoms with van der Waals surface area (Å²) in [7, 11) is 0.